The summed E-state index contributed by atoms with van der Waals surface area (Å²) in [4.78, 5) is 22.9. The van der Waals surface area contributed by atoms with Crippen molar-refractivity contribution in [3.05, 3.63) is 28.2 Å². The third-order valence-electron chi connectivity index (χ3n) is 3.62. The number of halogens is 3. The Kier molecular flexibility index (Phi) is 5.33. The first-order valence-corrected chi connectivity index (χ1v) is 7.41. The topological polar surface area (TPSA) is 75.6 Å². The number of nitrogens with one attached hydrogen (secondary N) is 1. The molecule has 1 amide bonds. The van der Waals surface area contributed by atoms with Gasteiger partial charge >= 0.3 is 12.6 Å². The van der Waals surface area contributed by atoms with Gasteiger partial charge in [-0.3, -0.25) is 9.59 Å². The number of ether oxygens (including phenoxy) is 1. The zero-order chi connectivity index (χ0) is 16.3. The van der Waals surface area contributed by atoms with Crippen LogP contribution in [0, 0.1) is 11.8 Å². The van der Waals surface area contributed by atoms with Crippen molar-refractivity contribution in [2.75, 3.05) is 0 Å². The smallest absolute Gasteiger partial charge is 0.387 e. The molecule has 2 unspecified atom stereocenters. The lowest BCUT2D eigenvalue weighted by Gasteiger charge is -2.32. The third kappa shape index (κ3) is 3.94. The Morgan fingerprint density at radius 1 is 1.36 bits per heavy atom. The Balaban J connectivity index is 2.00. The fourth-order valence-electron chi connectivity index (χ4n) is 2.32. The van der Waals surface area contributed by atoms with Gasteiger partial charge in [0.2, 0.25) is 5.91 Å². The number of alkyl halides is 2. The van der Waals surface area contributed by atoms with Crippen LogP contribution in [0.5, 0.6) is 5.75 Å². The van der Waals surface area contributed by atoms with Crippen LogP contribution >= 0.6 is 15.9 Å². The van der Waals surface area contributed by atoms with Crippen molar-refractivity contribution in [1.29, 1.82) is 0 Å². The van der Waals surface area contributed by atoms with E-state index < -0.39 is 24.4 Å². The standard InChI is InChI=1S/C14H14BrF2NO4/c15-8-1-4-11(22-14(16)17)7(5-8)6-18-12(19)9-2-3-10(9)13(20)21/h1,4-5,9-10,14H,2-3,6H2,(H,18,19)(H,20,21). The highest BCUT2D eigenvalue weighted by Gasteiger charge is 2.41. The number of rotatable bonds is 6. The third-order valence-corrected chi connectivity index (χ3v) is 4.11. The number of carboxylic acid groups (broad SMARTS) is 1. The molecule has 2 atom stereocenters. The van der Waals surface area contributed by atoms with E-state index in [1.54, 1.807) is 12.1 Å². The summed E-state index contributed by atoms with van der Waals surface area (Å²) >= 11 is 3.22. The molecule has 2 N–H and O–H groups in total. The van der Waals surface area contributed by atoms with E-state index in [-0.39, 0.29) is 18.2 Å². The molecule has 8 heteroatoms. The number of amides is 1. The first-order chi connectivity index (χ1) is 10.4. The normalized spacial score (nSPS) is 20.4. The summed E-state index contributed by atoms with van der Waals surface area (Å²) in [5, 5.41) is 11.5. The van der Waals surface area contributed by atoms with Gasteiger partial charge in [-0.25, -0.2) is 0 Å². The van der Waals surface area contributed by atoms with Crippen molar-refractivity contribution in [3.8, 4) is 5.75 Å². The van der Waals surface area contributed by atoms with Gasteiger partial charge in [0.1, 0.15) is 5.75 Å². The summed E-state index contributed by atoms with van der Waals surface area (Å²) in [7, 11) is 0. The minimum atomic E-state index is -2.96. The molecule has 1 saturated carbocycles. The first-order valence-electron chi connectivity index (χ1n) is 6.62. The summed E-state index contributed by atoms with van der Waals surface area (Å²) in [5.41, 5.74) is 0.384. The van der Waals surface area contributed by atoms with Gasteiger partial charge in [0.25, 0.3) is 0 Å². The lowest BCUT2D eigenvalue weighted by atomic mass is 9.73. The second kappa shape index (κ2) is 7.04. The molecule has 2 rings (SSSR count). The Labute approximate surface area is 133 Å². The van der Waals surface area contributed by atoms with Gasteiger partial charge in [-0.05, 0) is 31.0 Å². The molecule has 0 heterocycles. The van der Waals surface area contributed by atoms with E-state index in [1.807, 2.05) is 0 Å². The largest absolute Gasteiger partial charge is 0.481 e. The summed E-state index contributed by atoms with van der Waals surface area (Å²) < 4.78 is 29.7. The first kappa shape index (κ1) is 16.7. The molecule has 0 bridgehead atoms. The number of benzene rings is 1. The minimum absolute atomic E-state index is 0.0107. The molecule has 0 aliphatic heterocycles. The maximum atomic E-state index is 12.3. The zero-order valence-corrected chi connectivity index (χ0v) is 13.0. The number of carbonyl (C=O) groups is 2. The van der Waals surface area contributed by atoms with Crippen molar-refractivity contribution in [2.45, 2.75) is 26.0 Å². The number of carbonyl (C=O) groups excluding carboxylic acids is 1. The van der Waals surface area contributed by atoms with Gasteiger partial charge in [0.05, 0.1) is 11.8 Å². The molecule has 0 aromatic heterocycles. The molecule has 5 nitrogen and oxygen atoms in total. The molecule has 120 valence electrons. The molecule has 22 heavy (non-hydrogen) atoms. The second-order valence-corrected chi connectivity index (χ2v) is 5.89. The van der Waals surface area contributed by atoms with Crippen LogP contribution in [0.4, 0.5) is 8.78 Å². The van der Waals surface area contributed by atoms with Crippen molar-refractivity contribution in [2.24, 2.45) is 11.8 Å². The van der Waals surface area contributed by atoms with Gasteiger partial charge in [-0.1, -0.05) is 15.9 Å². The van der Waals surface area contributed by atoms with E-state index in [1.165, 1.54) is 6.07 Å². The van der Waals surface area contributed by atoms with Crippen LogP contribution < -0.4 is 10.1 Å². The fraction of sp³-hybridized carbons (Fsp3) is 0.429. The van der Waals surface area contributed by atoms with E-state index >= 15 is 0 Å². The Hall–Kier alpha value is -1.70. The fourth-order valence-corrected chi connectivity index (χ4v) is 2.73. The minimum Gasteiger partial charge on any atom is -0.481 e. The highest BCUT2D eigenvalue weighted by atomic mass is 79.9. The maximum Gasteiger partial charge on any atom is 0.387 e. The Bertz CT molecular complexity index is 582. The van der Waals surface area contributed by atoms with Gasteiger partial charge in [-0.15, -0.1) is 0 Å². The van der Waals surface area contributed by atoms with Crippen LogP contribution in [0.3, 0.4) is 0 Å². The lowest BCUT2D eigenvalue weighted by Crippen LogP contribution is -2.43. The molecule has 1 aromatic rings. The second-order valence-electron chi connectivity index (χ2n) is 4.98. The average molecular weight is 378 g/mol. The number of carboxylic acids is 1. The Morgan fingerprint density at radius 3 is 2.59 bits per heavy atom. The lowest BCUT2D eigenvalue weighted by molar-refractivity contribution is -0.152. The molecular weight excluding hydrogens is 364 g/mol. The summed E-state index contributed by atoms with van der Waals surface area (Å²) in [6.07, 6.45) is 0.992. The van der Waals surface area contributed by atoms with Gasteiger partial charge in [-0.2, -0.15) is 8.78 Å². The summed E-state index contributed by atoms with van der Waals surface area (Å²) in [5.74, 6) is -2.64. The number of aliphatic carboxylic acids is 1. The zero-order valence-electron chi connectivity index (χ0n) is 11.4. The van der Waals surface area contributed by atoms with E-state index in [2.05, 4.69) is 26.0 Å². The molecule has 0 spiro atoms. The predicted molar refractivity (Wildman–Crippen MR) is 76.5 cm³/mol. The summed E-state index contributed by atoms with van der Waals surface area (Å²) in [6, 6.07) is 4.49. The van der Waals surface area contributed by atoms with E-state index in [4.69, 9.17) is 5.11 Å². The van der Waals surface area contributed by atoms with E-state index in [0.29, 0.717) is 22.9 Å². The van der Waals surface area contributed by atoms with Crippen LogP contribution in [0.1, 0.15) is 18.4 Å². The van der Waals surface area contributed by atoms with Gasteiger partial charge < -0.3 is 15.2 Å². The van der Waals surface area contributed by atoms with Crippen LogP contribution in [0.15, 0.2) is 22.7 Å². The molecular formula is C14H14BrF2NO4. The monoisotopic (exact) mass is 377 g/mol. The van der Waals surface area contributed by atoms with Crippen LogP contribution in [-0.4, -0.2) is 23.6 Å². The van der Waals surface area contributed by atoms with Crippen LogP contribution in [0.25, 0.3) is 0 Å². The highest BCUT2D eigenvalue weighted by molar-refractivity contribution is 9.10. The quantitative estimate of drug-likeness (QED) is 0.799. The number of hydrogen-bond acceptors (Lipinski definition) is 3. The van der Waals surface area contributed by atoms with Crippen molar-refractivity contribution >= 4 is 27.8 Å². The van der Waals surface area contributed by atoms with Gasteiger partial charge in [0, 0.05) is 16.6 Å². The maximum absolute atomic E-state index is 12.3. The van der Waals surface area contributed by atoms with E-state index in [0.717, 1.165) is 0 Å². The molecule has 1 aliphatic rings. The van der Waals surface area contributed by atoms with Crippen molar-refractivity contribution in [1.82, 2.24) is 5.32 Å². The molecule has 1 aliphatic carbocycles. The summed E-state index contributed by atoms with van der Waals surface area (Å²) in [6.45, 7) is -2.97. The highest BCUT2D eigenvalue weighted by Crippen LogP contribution is 2.34. The van der Waals surface area contributed by atoms with Crippen LogP contribution in [0.2, 0.25) is 0 Å². The number of hydrogen-bond donors (Lipinski definition) is 2. The van der Waals surface area contributed by atoms with Gasteiger partial charge in [0.15, 0.2) is 0 Å². The molecule has 0 radical (unpaired) electrons. The van der Waals surface area contributed by atoms with Crippen molar-refractivity contribution in [3.63, 3.8) is 0 Å². The SMILES string of the molecule is O=C(O)C1CCC1C(=O)NCc1cc(Br)ccc1OC(F)F. The molecule has 1 aromatic carbocycles. The predicted octanol–water partition coefficient (Wildman–Crippen LogP) is 2.78. The Morgan fingerprint density at radius 2 is 2.05 bits per heavy atom. The van der Waals surface area contributed by atoms with Crippen LogP contribution in [-0.2, 0) is 16.1 Å². The molecule has 1 fully saturated rings. The molecule has 0 saturated heterocycles. The average Bonchev–Trinajstić information content (AvgIpc) is 2.36. The van der Waals surface area contributed by atoms with E-state index in [9.17, 15) is 18.4 Å². The van der Waals surface area contributed by atoms with Crippen molar-refractivity contribution < 1.29 is 28.2 Å².